The monoisotopic (exact) mass is 692 g/mol. The van der Waals surface area contributed by atoms with Crippen molar-refractivity contribution in [2.24, 2.45) is 0 Å². The van der Waals surface area contributed by atoms with Crippen LogP contribution in [0, 0.1) is 13.8 Å². The summed E-state index contributed by atoms with van der Waals surface area (Å²) in [6, 6.07) is 38.0. The van der Waals surface area contributed by atoms with Crippen molar-refractivity contribution in [1.29, 1.82) is 0 Å². The Kier molecular flexibility index (Phi) is 6.44. The number of phenols is 1. The van der Waals surface area contributed by atoms with E-state index in [1.807, 2.05) is 12.1 Å². The van der Waals surface area contributed by atoms with E-state index in [9.17, 15) is 5.11 Å². The van der Waals surface area contributed by atoms with Gasteiger partial charge in [-0.15, -0.1) is 0 Å². The van der Waals surface area contributed by atoms with Crippen molar-refractivity contribution >= 4 is 62.8 Å². The van der Waals surface area contributed by atoms with Crippen molar-refractivity contribution in [3.63, 3.8) is 0 Å². The van der Waals surface area contributed by atoms with Gasteiger partial charge in [-0.1, -0.05) is 118 Å². The molecule has 53 heavy (non-hydrogen) atoms. The predicted molar refractivity (Wildman–Crippen MR) is 219 cm³/mol. The van der Waals surface area contributed by atoms with E-state index in [2.05, 4.69) is 164 Å². The van der Waals surface area contributed by atoms with E-state index < -0.39 is 0 Å². The predicted octanol–water partition coefficient (Wildman–Crippen LogP) is 9.56. The van der Waals surface area contributed by atoms with E-state index in [1.54, 1.807) is 6.07 Å². The number of anilines is 4. The number of imidazole rings is 2. The van der Waals surface area contributed by atoms with Crippen LogP contribution in [0.3, 0.4) is 0 Å². The van der Waals surface area contributed by atoms with Crippen molar-refractivity contribution in [1.82, 2.24) is 18.8 Å². The second-order valence-corrected chi connectivity index (χ2v) is 15.9. The molecule has 260 valence electrons. The number of aryl methyl sites for hydroxylation is 2. The molecule has 0 amide bonds. The molecule has 0 spiro atoms. The normalized spacial score (nSPS) is 15.4. The summed E-state index contributed by atoms with van der Waals surface area (Å²) in [7, 11) is 2.18. The first-order valence-electron chi connectivity index (χ1n) is 18.4. The van der Waals surface area contributed by atoms with Crippen LogP contribution in [0.15, 0.2) is 115 Å². The fourth-order valence-electron chi connectivity index (χ4n) is 9.32. The Morgan fingerprint density at radius 2 is 1.40 bits per heavy atom. The van der Waals surface area contributed by atoms with Crippen LogP contribution < -0.4 is 15.2 Å². The standard InChI is InChI=1S/C45H41BN6O/c1-27-16-13-17-28(2)38(27)46-49(7)34-24-12-11-20-32(34)41-47-36(26-50(41)46)51(29-18-9-8-10-19-29)43-40-45(5,6)44(3,4)33-23-14-22-31-30-21-15-25-35(53)37(30)42(48-43)52(40)39(31)33/h8-26,53H,1-7H3. The highest BCUT2D eigenvalue weighted by Gasteiger charge is 2.49. The van der Waals surface area contributed by atoms with Crippen LogP contribution in [0.2, 0.25) is 0 Å². The molecule has 0 fully saturated rings. The van der Waals surface area contributed by atoms with E-state index in [0.29, 0.717) is 0 Å². The molecule has 8 aromatic rings. The molecule has 0 bridgehead atoms. The second kappa shape index (κ2) is 10.8. The van der Waals surface area contributed by atoms with Gasteiger partial charge in [0.15, 0.2) is 17.3 Å². The molecule has 0 unspecified atom stereocenters. The average molecular weight is 693 g/mol. The second-order valence-electron chi connectivity index (χ2n) is 15.9. The van der Waals surface area contributed by atoms with Gasteiger partial charge in [0, 0.05) is 39.4 Å². The van der Waals surface area contributed by atoms with Crippen LogP contribution in [0.25, 0.3) is 38.7 Å². The molecular weight excluding hydrogens is 651 g/mol. The lowest BCUT2D eigenvalue weighted by Crippen LogP contribution is -2.56. The van der Waals surface area contributed by atoms with Crippen LogP contribution in [0.4, 0.5) is 23.0 Å². The maximum Gasteiger partial charge on any atom is 0.417 e. The highest BCUT2D eigenvalue weighted by Crippen LogP contribution is 2.55. The van der Waals surface area contributed by atoms with Gasteiger partial charge >= 0.3 is 6.98 Å². The molecule has 2 aliphatic rings. The maximum absolute atomic E-state index is 11.5. The number of benzene rings is 5. The summed E-state index contributed by atoms with van der Waals surface area (Å²) in [6.45, 7) is 13.7. The van der Waals surface area contributed by atoms with Crippen LogP contribution in [0.5, 0.6) is 5.75 Å². The van der Waals surface area contributed by atoms with Gasteiger partial charge in [-0.2, -0.15) is 0 Å². The smallest absolute Gasteiger partial charge is 0.417 e. The molecule has 5 heterocycles. The van der Waals surface area contributed by atoms with Crippen LogP contribution in [-0.2, 0) is 10.8 Å². The summed E-state index contributed by atoms with van der Waals surface area (Å²) < 4.78 is 4.68. The van der Waals surface area contributed by atoms with E-state index in [-0.39, 0.29) is 23.6 Å². The average Bonchev–Trinajstić information content (AvgIpc) is 3.76. The number of aromatic hydroxyl groups is 1. The number of hydrogen-bond donors (Lipinski definition) is 1. The fourth-order valence-corrected chi connectivity index (χ4v) is 9.32. The third kappa shape index (κ3) is 4.06. The summed E-state index contributed by atoms with van der Waals surface area (Å²) in [6.07, 6.45) is 2.21. The van der Waals surface area contributed by atoms with Crippen LogP contribution in [0.1, 0.15) is 50.1 Å². The number of para-hydroxylation sites is 3. The summed E-state index contributed by atoms with van der Waals surface area (Å²) in [5.74, 6) is 2.72. The molecule has 0 radical (unpaired) electrons. The molecular formula is C45H41BN6O. The minimum absolute atomic E-state index is 0.109. The molecule has 10 rings (SSSR count). The molecule has 3 aromatic heterocycles. The lowest BCUT2D eigenvalue weighted by atomic mass is 9.60. The molecule has 0 saturated heterocycles. The van der Waals surface area contributed by atoms with Crippen LogP contribution in [-0.4, -0.2) is 38.0 Å². The van der Waals surface area contributed by atoms with Crippen molar-refractivity contribution in [2.75, 3.05) is 16.8 Å². The molecule has 0 atom stereocenters. The zero-order valence-corrected chi connectivity index (χ0v) is 31.2. The van der Waals surface area contributed by atoms with Crippen molar-refractivity contribution in [2.45, 2.75) is 52.4 Å². The number of aromatic nitrogens is 4. The molecule has 1 N–H and O–H groups in total. The van der Waals surface area contributed by atoms with E-state index in [1.165, 1.54) is 22.2 Å². The summed E-state index contributed by atoms with van der Waals surface area (Å²) in [5.41, 5.74) is 10.5. The van der Waals surface area contributed by atoms with Crippen molar-refractivity contribution in [3.8, 4) is 17.1 Å². The number of phenolic OH excluding ortho intramolecular Hbond substituents is 1. The summed E-state index contributed by atoms with van der Waals surface area (Å²) in [5, 5.41) is 14.4. The molecule has 0 saturated carbocycles. The Balaban J connectivity index is 1.33. The third-order valence-corrected chi connectivity index (χ3v) is 12.6. The van der Waals surface area contributed by atoms with Gasteiger partial charge in [-0.25, -0.2) is 9.97 Å². The lowest BCUT2D eigenvalue weighted by Gasteiger charge is -2.46. The van der Waals surface area contributed by atoms with Gasteiger partial charge in [0.2, 0.25) is 0 Å². The quantitative estimate of drug-likeness (QED) is 0.147. The lowest BCUT2D eigenvalue weighted by molar-refractivity contribution is 0.289. The highest BCUT2D eigenvalue weighted by atomic mass is 16.3. The largest absolute Gasteiger partial charge is 0.507 e. The zero-order valence-electron chi connectivity index (χ0n) is 31.2. The topological polar surface area (TPSA) is 61.8 Å². The van der Waals surface area contributed by atoms with E-state index in [0.717, 1.165) is 67.4 Å². The molecule has 8 heteroatoms. The first-order chi connectivity index (χ1) is 25.5. The number of nitrogens with zero attached hydrogens (tertiary/aromatic N) is 6. The van der Waals surface area contributed by atoms with Crippen molar-refractivity contribution < 1.29 is 5.11 Å². The number of pyridine rings is 1. The van der Waals surface area contributed by atoms with Crippen molar-refractivity contribution in [3.05, 3.63) is 138 Å². The van der Waals surface area contributed by atoms with E-state index >= 15 is 0 Å². The Bertz CT molecular complexity index is 2790. The Morgan fingerprint density at radius 3 is 2.17 bits per heavy atom. The molecule has 2 aliphatic heterocycles. The zero-order chi connectivity index (χ0) is 36.6. The van der Waals surface area contributed by atoms with E-state index in [4.69, 9.17) is 9.97 Å². The number of rotatable bonds is 4. The number of fused-ring (bicyclic) bond motifs is 6. The fraction of sp³-hybridized carbons (Fsp3) is 0.200. The maximum atomic E-state index is 11.5. The van der Waals surface area contributed by atoms with Gasteiger partial charge < -0.3 is 14.4 Å². The molecule has 0 aliphatic carbocycles. The van der Waals surface area contributed by atoms with Gasteiger partial charge in [0.1, 0.15) is 11.6 Å². The van der Waals surface area contributed by atoms with Gasteiger partial charge in [0.05, 0.1) is 16.6 Å². The highest BCUT2D eigenvalue weighted by molar-refractivity contribution is 6.77. The van der Waals surface area contributed by atoms with Gasteiger partial charge in [-0.05, 0) is 67.6 Å². The third-order valence-electron chi connectivity index (χ3n) is 12.6. The minimum atomic E-state index is -0.388. The summed E-state index contributed by atoms with van der Waals surface area (Å²) in [4.78, 5) is 15.8. The van der Waals surface area contributed by atoms with Gasteiger partial charge in [-0.3, -0.25) is 9.30 Å². The first-order valence-corrected chi connectivity index (χ1v) is 18.4. The Morgan fingerprint density at radius 1 is 0.717 bits per heavy atom. The summed E-state index contributed by atoms with van der Waals surface area (Å²) >= 11 is 0. The number of hydrogen-bond acceptors (Lipinski definition) is 5. The molecule has 7 nitrogen and oxygen atoms in total. The SMILES string of the molecule is Cc1cccc(C)c1B1N(C)c2ccccc2-c2nc(N(c3ccccc3)c3nc4c5c(O)cccc5c5cccc6c5n4c3C(C)(C)C6(C)C)cn21. The van der Waals surface area contributed by atoms with Gasteiger partial charge in [0.25, 0.3) is 0 Å². The minimum Gasteiger partial charge on any atom is -0.507 e. The Hall–Kier alpha value is -6.02. The molecule has 5 aromatic carbocycles. The Labute approximate surface area is 309 Å². The van der Waals surface area contributed by atoms with Crippen LogP contribution >= 0.6 is 0 Å². The first kappa shape index (κ1) is 31.7.